The number of anilines is 1. The number of hydrogen-bond donors (Lipinski definition) is 2. The Bertz CT molecular complexity index is 929. The van der Waals surface area contributed by atoms with Gasteiger partial charge in [-0.25, -0.2) is 0 Å². The molecule has 0 radical (unpaired) electrons. The molecular weight excluding hydrogens is 378 g/mol. The van der Waals surface area contributed by atoms with Gasteiger partial charge in [-0.1, -0.05) is 24.1 Å². The predicted octanol–water partition coefficient (Wildman–Crippen LogP) is 3.32. The summed E-state index contributed by atoms with van der Waals surface area (Å²) in [4.78, 5) is 38.7. The van der Waals surface area contributed by atoms with E-state index in [9.17, 15) is 14.4 Å². The summed E-state index contributed by atoms with van der Waals surface area (Å²) in [5.41, 5.74) is 3.19. The highest BCUT2D eigenvalue weighted by Crippen LogP contribution is 2.38. The second-order valence-corrected chi connectivity index (χ2v) is 7.69. The molecule has 0 unspecified atom stereocenters. The second-order valence-electron chi connectivity index (χ2n) is 6.73. The van der Waals surface area contributed by atoms with E-state index in [2.05, 4.69) is 20.7 Å². The molecule has 0 bridgehead atoms. The van der Waals surface area contributed by atoms with Gasteiger partial charge in [0.1, 0.15) is 12.2 Å². The highest BCUT2D eigenvalue weighted by Gasteiger charge is 2.38. The summed E-state index contributed by atoms with van der Waals surface area (Å²) in [7, 11) is 0. The number of carbonyl (C=O) groups excluding carboxylic acids is 3. The van der Waals surface area contributed by atoms with Gasteiger partial charge in [0.15, 0.2) is 0 Å². The van der Waals surface area contributed by atoms with E-state index in [1.165, 1.54) is 0 Å². The van der Waals surface area contributed by atoms with Gasteiger partial charge in [-0.15, -0.1) is 0 Å². The van der Waals surface area contributed by atoms with Crippen LogP contribution in [0.15, 0.2) is 40.9 Å². The fourth-order valence-electron chi connectivity index (χ4n) is 3.37. The fourth-order valence-corrected chi connectivity index (χ4v) is 4.34. The third-order valence-corrected chi connectivity index (χ3v) is 5.87. The zero-order valence-corrected chi connectivity index (χ0v) is 15.9. The molecule has 1 saturated carbocycles. The molecule has 3 amide bonds. The van der Waals surface area contributed by atoms with Crippen molar-refractivity contribution in [1.82, 2.24) is 20.3 Å². The number of nitrogens with zero attached hydrogens (tertiary/aromatic N) is 3. The zero-order chi connectivity index (χ0) is 19.5. The standard InChI is InChI=1S/C19H19N5O3S/c25-16(21-14-8-6-12(7-9-14)15-10-20-23-22-15)11-24-18(26)17(28-19(24)27)13-4-2-1-3-5-13/h6-10H,1-5,11H2,(H,21,25)(H,20,22,23). The maximum absolute atomic E-state index is 12.6. The summed E-state index contributed by atoms with van der Waals surface area (Å²) in [6.07, 6.45) is 6.58. The first-order valence-corrected chi connectivity index (χ1v) is 9.95. The molecule has 2 heterocycles. The number of allylic oxidation sites excluding steroid dienone is 1. The minimum atomic E-state index is -0.411. The molecule has 144 valence electrons. The van der Waals surface area contributed by atoms with Gasteiger partial charge in [0.05, 0.1) is 11.1 Å². The van der Waals surface area contributed by atoms with Gasteiger partial charge in [0.25, 0.3) is 11.1 Å². The third-order valence-electron chi connectivity index (χ3n) is 4.81. The SMILES string of the molecule is O=C(CN1C(=O)SC(=C2CCCCC2)C1=O)Nc1ccc(-c2cn[nH]n2)cc1. The molecule has 4 rings (SSSR count). The average Bonchev–Trinajstić information content (AvgIpc) is 3.34. The Morgan fingerprint density at radius 3 is 2.57 bits per heavy atom. The van der Waals surface area contributed by atoms with Crippen molar-refractivity contribution in [2.24, 2.45) is 0 Å². The lowest BCUT2D eigenvalue weighted by Gasteiger charge is -2.16. The van der Waals surface area contributed by atoms with Gasteiger partial charge < -0.3 is 5.32 Å². The summed E-state index contributed by atoms with van der Waals surface area (Å²) in [5.74, 6) is -0.755. The highest BCUT2D eigenvalue weighted by atomic mass is 32.2. The van der Waals surface area contributed by atoms with Crippen LogP contribution in [0.2, 0.25) is 0 Å². The normalized spacial score (nSPS) is 17.4. The Kier molecular flexibility index (Phi) is 5.25. The van der Waals surface area contributed by atoms with Crippen LogP contribution >= 0.6 is 11.8 Å². The van der Waals surface area contributed by atoms with Gasteiger partial charge in [-0.2, -0.15) is 15.4 Å². The quantitative estimate of drug-likeness (QED) is 0.766. The molecule has 9 heteroatoms. The molecule has 2 aliphatic rings. The first kappa shape index (κ1) is 18.4. The van der Waals surface area contributed by atoms with Gasteiger partial charge in [0, 0.05) is 11.3 Å². The van der Waals surface area contributed by atoms with E-state index in [1.54, 1.807) is 30.5 Å². The van der Waals surface area contributed by atoms with E-state index >= 15 is 0 Å². The highest BCUT2D eigenvalue weighted by molar-refractivity contribution is 8.18. The molecule has 1 aliphatic carbocycles. The van der Waals surface area contributed by atoms with Crippen LogP contribution in [0.25, 0.3) is 11.3 Å². The number of carbonyl (C=O) groups is 3. The Morgan fingerprint density at radius 1 is 1.14 bits per heavy atom. The number of nitrogens with one attached hydrogen (secondary N) is 2. The predicted molar refractivity (Wildman–Crippen MR) is 105 cm³/mol. The molecule has 1 saturated heterocycles. The number of imide groups is 1. The molecule has 2 fully saturated rings. The molecule has 1 aromatic carbocycles. The van der Waals surface area contributed by atoms with Crippen LogP contribution in [0.5, 0.6) is 0 Å². The number of hydrogen-bond acceptors (Lipinski definition) is 6. The fraction of sp³-hybridized carbons (Fsp3) is 0.316. The van der Waals surface area contributed by atoms with Crippen molar-refractivity contribution in [3.05, 3.63) is 40.9 Å². The van der Waals surface area contributed by atoms with Crippen LogP contribution in [0.1, 0.15) is 32.1 Å². The molecular formula is C19H19N5O3S. The first-order chi connectivity index (χ1) is 13.6. The van der Waals surface area contributed by atoms with Crippen molar-refractivity contribution in [2.75, 3.05) is 11.9 Å². The van der Waals surface area contributed by atoms with Crippen LogP contribution in [-0.4, -0.2) is 43.9 Å². The molecule has 1 aliphatic heterocycles. The Hall–Kier alpha value is -2.94. The minimum Gasteiger partial charge on any atom is -0.325 e. The van der Waals surface area contributed by atoms with Crippen LogP contribution in [0.3, 0.4) is 0 Å². The van der Waals surface area contributed by atoms with E-state index in [0.29, 0.717) is 16.3 Å². The van der Waals surface area contributed by atoms with Gasteiger partial charge in [-0.3, -0.25) is 19.3 Å². The summed E-state index contributed by atoms with van der Waals surface area (Å²) >= 11 is 0.958. The van der Waals surface area contributed by atoms with Crippen molar-refractivity contribution in [1.29, 1.82) is 0 Å². The van der Waals surface area contributed by atoms with Crippen molar-refractivity contribution < 1.29 is 14.4 Å². The maximum atomic E-state index is 12.6. The molecule has 1 aromatic heterocycles. The van der Waals surface area contributed by atoms with E-state index in [-0.39, 0.29) is 17.7 Å². The van der Waals surface area contributed by atoms with Crippen molar-refractivity contribution in [3.8, 4) is 11.3 Å². The number of amides is 3. The number of H-pyrrole nitrogens is 1. The van der Waals surface area contributed by atoms with Crippen LogP contribution in [0, 0.1) is 0 Å². The number of aromatic nitrogens is 3. The van der Waals surface area contributed by atoms with E-state index in [1.807, 2.05) is 0 Å². The molecule has 0 atom stereocenters. The largest absolute Gasteiger partial charge is 0.325 e. The zero-order valence-electron chi connectivity index (χ0n) is 15.1. The second kappa shape index (κ2) is 7.97. The number of aromatic amines is 1. The molecule has 2 aromatic rings. The summed E-state index contributed by atoms with van der Waals surface area (Å²) in [5, 5.41) is 12.6. The van der Waals surface area contributed by atoms with Gasteiger partial charge in [-0.05, 0) is 49.6 Å². The lowest BCUT2D eigenvalue weighted by atomic mass is 9.94. The molecule has 28 heavy (non-hydrogen) atoms. The maximum Gasteiger partial charge on any atom is 0.294 e. The first-order valence-electron chi connectivity index (χ1n) is 9.13. The molecule has 2 N–H and O–H groups in total. The molecule has 0 spiro atoms. The Labute approximate surface area is 165 Å². The smallest absolute Gasteiger partial charge is 0.294 e. The topological polar surface area (TPSA) is 108 Å². The molecule has 8 nitrogen and oxygen atoms in total. The monoisotopic (exact) mass is 397 g/mol. The van der Waals surface area contributed by atoms with Crippen molar-refractivity contribution in [3.63, 3.8) is 0 Å². The van der Waals surface area contributed by atoms with Crippen molar-refractivity contribution >= 4 is 34.5 Å². The third kappa shape index (κ3) is 3.84. The van der Waals surface area contributed by atoms with Gasteiger partial charge in [0.2, 0.25) is 5.91 Å². The average molecular weight is 397 g/mol. The van der Waals surface area contributed by atoms with Crippen LogP contribution in [0.4, 0.5) is 10.5 Å². The van der Waals surface area contributed by atoms with E-state index in [0.717, 1.165) is 59.9 Å². The minimum absolute atomic E-state index is 0.285. The van der Waals surface area contributed by atoms with Crippen molar-refractivity contribution in [2.45, 2.75) is 32.1 Å². The van der Waals surface area contributed by atoms with Gasteiger partial charge >= 0.3 is 0 Å². The van der Waals surface area contributed by atoms with E-state index in [4.69, 9.17) is 0 Å². The lowest BCUT2D eigenvalue weighted by molar-refractivity contribution is -0.127. The van der Waals surface area contributed by atoms with Crippen LogP contribution < -0.4 is 5.32 Å². The Balaban J connectivity index is 1.39. The van der Waals surface area contributed by atoms with E-state index < -0.39 is 5.91 Å². The lowest BCUT2D eigenvalue weighted by Crippen LogP contribution is -2.36. The summed E-state index contributed by atoms with van der Waals surface area (Å²) in [6.45, 7) is -0.285. The number of benzene rings is 1. The Morgan fingerprint density at radius 2 is 1.89 bits per heavy atom. The number of thioether (sulfide) groups is 1. The summed E-state index contributed by atoms with van der Waals surface area (Å²) < 4.78 is 0. The van der Waals surface area contributed by atoms with Crippen LogP contribution in [-0.2, 0) is 9.59 Å². The number of rotatable bonds is 4. The summed E-state index contributed by atoms with van der Waals surface area (Å²) in [6, 6.07) is 7.08.